The monoisotopic (exact) mass is 303 g/mol. The Morgan fingerprint density at radius 3 is 2.76 bits per heavy atom. The summed E-state index contributed by atoms with van der Waals surface area (Å²) in [5.41, 5.74) is 1.71. The Morgan fingerprint density at radius 1 is 1.19 bits per heavy atom. The minimum absolute atomic E-state index is 0.0216. The molecule has 0 aliphatic rings. The molecule has 0 saturated heterocycles. The molecule has 0 radical (unpaired) electrons. The average molecular weight is 304 g/mol. The van der Waals surface area contributed by atoms with Crippen molar-refractivity contribution < 1.29 is 5.11 Å². The normalized spacial score (nSPS) is 11.0. The van der Waals surface area contributed by atoms with Crippen molar-refractivity contribution in [2.45, 2.75) is 6.54 Å². The molecule has 0 aliphatic heterocycles. The first-order valence-corrected chi connectivity index (χ1v) is 6.92. The third kappa shape index (κ3) is 2.96. The molecule has 2 N–H and O–H groups in total. The number of benzene rings is 1. The van der Waals surface area contributed by atoms with Crippen molar-refractivity contribution >= 4 is 28.5 Å². The Morgan fingerprint density at radius 2 is 2.00 bits per heavy atom. The van der Waals surface area contributed by atoms with Crippen molar-refractivity contribution in [3.8, 4) is 0 Å². The lowest BCUT2D eigenvalue weighted by Gasteiger charge is -2.23. The van der Waals surface area contributed by atoms with Crippen molar-refractivity contribution in [2.75, 3.05) is 18.1 Å². The van der Waals surface area contributed by atoms with Crippen LogP contribution in [0.2, 0.25) is 5.28 Å². The summed E-state index contributed by atoms with van der Waals surface area (Å²) in [6, 6.07) is 9.98. The minimum Gasteiger partial charge on any atom is -0.395 e. The quantitative estimate of drug-likeness (QED) is 0.705. The molecule has 3 rings (SSSR count). The fraction of sp³-hybridized carbons (Fsp3) is 0.214. The highest BCUT2D eigenvalue weighted by Gasteiger charge is 2.15. The molecular weight excluding hydrogens is 290 g/mol. The number of H-pyrrole nitrogens is 1. The summed E-state index contributed by atoms with van der Waals surface area (Å²) in [6.45, 7) is 1.09. The van der Waals surface area contributed by atoms with Gasteiger partial charge in [0.05, 0.1) is 18.2 Å². The molecule has 3 aromatic rings. The highest BCUT2D eigenvalue weighted by atomic mass is 35.5. The van der Waals surface area contributed by atoms with Gasteiger partial charge in [0, 0.05) is 13.1 Å². The summed E-state index contributed by atoms with van der Waals surface area (Å²) in [7, 11) is 0. The van der Waals surface area contributed by atoms with Crippen LogP contribution in [0.5, 0.6) is 0 Å². The molecule has 6 nitrogen and oxygen atoms in total. The highest BCUT2D eigenvalue weighted by Crippen LogP contribution is 2.25. The summed E-state index contributed by atoms with van der Waals surface area (Å²) in [5.74, 6) is 0.664. The molecule has 0 amide bonds. The van der Waals surface area contributed by atoms with E-state index in [0.717, 1.165) is 10.9 Å². The number of halogens is 1. The van der Waals surface area contributed by atoms with Crippen LogP contribution < -0.4 is 4.90 Å². The fourth-order valence-corrected chi connectivity index (χ4v) is 2.38. The number of aliphatic hydroxyl groups is 1. The Labute approximate surface area is 126 Å². The Balaban J connectivity index is 2.00. The molecular formula is C14H14ClN5O. The second kappa shape index (κ2) is 6.07. The number of aromatic amines is 1. The summed E-state index contributed by atoms with van der Waals surface area (Å²) < 4.78 is 0. The van der Waals surface area contributed by atoms with E-state index < -0.39 is 0 Å². The van der Waals surface area contributed by atoms with Crippen molar-refractivity contribution in [2.24, 2.45) is 0 Å². The van der Waals surface area contributed by atoms with Gasteiger partial charge in [-0.1, -0.05) is 30.3 Å². The molecule has 0 spiro atoms. The number of hydrogen-bond acceptors (Lipinski definition) is 5. The minimum atomic E-state index is 0.0216. The van der Waals surface area contributed by atoms with E-state index in [1.54, 1.807) is 6.20 Å². The summed E-state index contributed by atoms with van der Waals surface area (Å²) in [4.78, 5) is 10.3. The molecule has 0 aliphatic carbocycles. The van der Waals surface area contributed by atoms with Gasteiger partial charge in [-0.25, -0.2) is 0 Å². The van der Waals surface area contributed by atoms with Gasteiger partial charge in [-0.15, -0.1) is 0 Å². The average Bonchev–Trinajstić information content (AvgIpc) is 2.95. The smallest absolute Gasteiger partial charge is 0.226 e. The zero-order valence-electron chi connectivity index (χ0n) is 11.2. The van der Waals surface area contributed by atoms with Crippen LogP contribution in [-0.2, 0) is 6.54 Å². The molecule has 0 saturated carbocycles. The van der Waals surface area contributed by atoms with Crippen LogP contribution in [0.25, 0.3) is 11.0 Å². The third-order valence-corrected chi connectivity index (χ3v) is 3.32. The predicted octanol–water partition coefficient (Wildman–Crippen LogP) is 2.01. The van der Waals surface area contributed by atoms with Crippen molar-refractivity contribution in [3.05, 3.63) is 47.4 Å². The molecule has 2 heterocycles. The highest BCUT2D eigenvalue weighted by molar-refractivity contribution is 6.28. The fourth-order valence-electron chi connectivity index (χ4n) is 2.22. The van der Waals surface area contributed by atoms with Gasteiger partial charge in [-0.2, -0.15) is 15.1 Å². The SMILES string of the molecule is OCCN(Cc1ccccc1)c1nc(Cl)nc2[nH]ncc12. The number of nitrogens with one attached hydrogen (secondary N) is 1. The maximum atomic E-state index is 9.33. The van der Waals surface area contributed by atoms with E-state index in [1.807, 2.05) is 35.2 Å². The molecule has 0 bridgehead atoms. The maximum Gasteiger partial charge on any atom is 0.226 e. The van der Waals surface area contributed by atoms with E-state index in [9.17, 15) is 5.11 Å². The molecule has 21 heavy (non-hydrogen) atoms. The molecule has 7 heteroatoms. The van der Waals surface area contributed by atoms with Crippen LogP contribution >= 0.6 is 11.6 Å². The lowest BCUT2D eigenvalue weighted by molar-refractivity contribution is 0.301. The van der Waals surface area contributed by atoms with Crippen molar-refractivity contribution in [1.29, 1.82) is 0 Å². The van der Waals surface area contributed by atoms with Crippen LogP contribution in [-0.4, -0.2) is 38.4 Å². The lowest BCUT2D eigenvalue weighted by atomic mass is 10.2. The van der Waals surface area contributed by atoms with Crippen LogP contribution in [0.1, 0.15) is 5.56 Å². The summed E-state index contributed by atoms with van der Waals surface area (Å²) in [5, 5.41) is 17.0. The molecule has 108 valence electrons. The van der Waals surface area contributed by atoms with Gasteiger partial charge in [-0.05, 0) is 17.2 Å². The number of aliphatic hydroxyl groups excluding tert-OH is 1. The van der Waals surface area contributed by atoms with E-state index in [2.05, 4.69) is 20.2 Å². The molecule has 0 unspecified atom stereocenters. The largest absolute Gasteiger partial charge is 0.395 e. The van der Waals surface area contributed by atoms with Crippen LogP contribution in [0.4, 0.5) is 5.82 Å². The Hall–Kier alpha value is -2.18. The van der Waals surface area contributed by atoms with E-state index in [-0.39, 0.29) is 11.9 Å². The zero-order valence-corrected chi connectivity index (χ0v) is 12.0. The standard InChI is InChI=1S/C14H14ClN5O/c15-14-17-12-11(8-16-19-12)13(18-14)20(6-7-21)9-10-4-2-1-3-5-10/h1-5,8,21H,6-7,9H2,(H,16,17,18,19). The van der Waals surface area contributed by atoms with E-state index in [1.165, 1.54) is 0 Å². The molecule has 0 atom stereocenters. The number of rotatable bonds is 5. The van der Waals surface area contributed by atoms with Gasteiger partial charge >= 0.3 is 0 Å². The number of aromatic nitrogens is 4. The second-order valence-electron chi connectivity index (χ2n) is 4.58. The first kappa shape index (κ1) is 13.8. The van der Waals surface area contributed by atoms with Crippen molar-refractivity contribution in [3.63, 3.8) is 0 Å². The third-order valence-electron chi connectivity index (χ3n) is 3.15. The van der Waals surface area contributed by atoms with Gasteiger partial charge in [0.2, 0.25) is 5.28 Å². The van der Waals surface area contributed by atoms with Gasteiger partial charge < -0.3 is 10.0 Å². The lowest BCUT2D eigenvalue weighted by Crippen LogP contribution is -2.27. The van der Waals surface area contributed by atoms with Crippen molar-refractivity contribution in [1.82, 2.24) is 20.2 Å². The van der Waals surface area contributed by atoms with E-state index >= 15 is 0 Å². The first-order chi connectivity index (χ1) is 10.3. The number of fused-ring (bicyclic) bond motifs is 1. The Bertz CT molecular complexity index is 731. The zero-order chi connectivity index (χ0) is 14.7. The summed E-state index contributed by atoms with van der Waals surface area (Å²) >= 11 is 5.97. The number of nitrogens with zero attached hydrogens (tertiary/aromatic N) is 4. The number of hydrogen-bond donors (Lipinski definition) is 2. The summed E-state index contributed by atoms with van der Waals surface area (Å²) in [6.07, 6.45) is 1.66. The van der Waals surface area contributed by atoms with Crippen LogP contribution in [0.3, 0.4) is 0 Å². The van der Waals surface area contributed by atoms with Gasteiger partial charge in [-0.3, -0.25) is 5.10 Å². The van der Waals surface area contributed by atoms with Crippen LogP contribution in [0, 0.1) is 0 Å². The first-order valence-electron chi connectivity index (χ1n) is 6.54. The van der Waals surface area contributed by atoms with E-state index in [4.69, 9.17) is 11.6 Å². The van der Waals surface area contributed by atoms with Gasteiger partial charge in [0.25, 0.3) is 0 Å². The molecule has 1 aromatic carbocycles. The Kier molecular flexibility index (Phi) is 3.98. The predicted molar refractivity (Wildman–Crippen MR) is 81.3 cm³/mol. The molecule has 2 aromatic heterocycles. The second-order valence-corrected chi connectivity index (χ2v) is 4.92. The van der Waals surface area contributed by atoms with Crippen LogP contribution in [0.15, 0.2) is 36.5 Å². The van der Waals surface area contributed by atoms with E-state index in [0.29, 0.717) is 24.6 Å². The topological polar surface area (TPSA) is 77.9 Å². The number of anilines is 1. The molecule has 0 fully saturated rings. The van der Waals surface area contributed by atoms with Gasteiger partial charge in [0.15, 0.2) is 5.65 Å². The maximum absolute atomic E-state index is 9.33. The van der Waals surface area contributed by atoms with Gasteiger partial charge in [0.1, 0.15) is 5.82 Å².